The molecule has 0 spiro atoms. The zero-order valence-corrected chi connectivity index (χ0v) is 14.7. The minimum absolute atomic E-state index is 0.216. The van der Waals surface area contributed by atoms with Gasteiger partial charge in [-0.25, -0.2) is 9.59 Å². The van der Waals surface area contributed by atoms with Gasteiger partial charge in [-0.3, -0.25) is 0 Å². The Morgan fingerprint density at radius 2 is 1.83 bits per heavy atom. The van der Waals surface area contributed by atoms with Crippen LogP contribution in [0.15, 0.2) is 34.8 Å². The Balaban J connectivity index is 2.15. The molecule has 23 heavy (non-hydrogen) atoms. The van der Waals surface area contributed by atoms with Crippen LogP contribution in [0.4, 0.5) is 0 Å². The highest BCUT2D eigenvalue weighted by molar-refractivity contribution is 9.10. The molecule has 0 saturated heterocycles. The van der Waals surface area contributed by atoms with E-state index in [1.807, 2.05) is 0 Å². The van der Waals surface area contributed by atoms with Crippen molar-refractivity contribution in [1.29, 1.82) is 0 Å². The van der Waals surface area contributed by atoms with Gasteiger partial charge in [-0.05, 0) is 66.7 Å². The Morgan fingerprint density at radius 1 is 1.17 bits per heavy atom. The van der Waals surface area contributed by atoms with Crippen LogP contribution in [0.2, 0.25) is 0 Å². The van der Waals surface area contributed by atoms with Crippen molar-refractivity contribution in [2.45, 2.75) is 32.6 Å². The quantitative estimate of drug-likeness (QED) is 0.371. The number of esters is 1. The first-order valence-electron chi connectivity index (χ1n) is 7.40. The second-order valence-electron chi connectivity index (χ2n) is 5.13. The van der Waals surface area contributed by atoms with Crippen LogP contribution < -0.4 is 4.74 Å². The van der Waals surface area contributed by atoms with Crippen LogP contribution in [0.3, 0.4) is 0 Å². The zero-order valence-electron chi connectivity index (χ0n) is 13.1. The standard InChI is InChI=1S/C17H21BrO5/c1-12(2)17(21)23-10-6-4-3-5-9-22-15-8-7-13(16(19)20)11-14(15)18/h7-8,11H,1,3-6,9-10H2,2H3,(H,19,20). The third kappa shape index (κ3) is 7.32. The number of benzene rings is 1. The Kier molecular flexibility index (Phi) is 8.40. The van der Waals surface area contributed by atoms with E-state index in [1.54, 1.807) is 13.0 Å². The summed E-state index contributed by atoms with van der Waals surface area (Å²) in [5.74, 6) is -0.682. The topological polar surface area (TPSA) is 72.8 Å². The van der Waals surface area contributed by atoms with Crippen molar-refractivity contribution in [3.05, 3.63) is 40.4 Å². The first kappa shape index (κ1) is 19.2. The molecule has 0 unspecified atom stereocenters. The molecule has 0 heterocycles. The molecule has 0 fully saturated rings. The minimum atomic E-state index is -0.968. The molecule has 0 aliphatic rings. The maximum Gasteiger partial charge on any atom is 0.335 e. The Labute approximate surface area is 144 Å². The summed E-state index contributed by atoms with van der Waals surface area (Å²) in [5.41, 5.74) is 0.631. The van der Waals surface area contributed by atoms with Gasteiger partial charge >= 0.3 is 11.9 Å². The van der Waals surface area contributed by atoms with Crippen molar-refractivity contribution in [1.82, 2.24) is 0 Å². The predicted molar refractivity (Wildman–Crippen MR) is 90.8 cm³/mol. The summed E-state index contributed by atoms with van der Waals surface area (Å²) in [6.45, 7) is 6.11. The van der Waals surface area contributed by atoms with E-state index >= 15 is 0 Å². The molecular formula is C17H21BrO5. The van der Waals surface area contributed by atoms with Crippen LogP contribution in [0.25, 0.3) is 0 Å². The highest BCUT2D eigenvalue weighted by Gasteiger charge is 2.07. The molecule has 1 N–H and O–H groups in total. The molecule has 1 rings (SSSR count). The number of halogens is 1. The van der Waals surface area contributed by atoms with Gasteiger partial charge in [-0.1, -0.05) is 6.58 Å². The number of ether oxygens (including phenoxy) is 2. The SMILES string of the molecule is C=C(C)C(=O)OCCCCCCOc1ccc(C(=O)O)cc1Br. The van der Waals surface area contributed by atoms with Crippen molar-refractivity contribution in [2.24, 2.45) is 0 Å². The van der Waals surface area contributed by atoms with Crippen molar-refractivity contribution in [3.63, 3.8) is 0 Å². The highest BCUT2D eigenvalue weighted by atomic mass is 79.9. The maximum atomic E-state index is 11.1. The summed E-state index contributed by atoms with van der Waals surface area (Å²) in [4.78, 5) is 22.0. The van der Waals surface area contributed by atoms with Gasteiger partial charge in [0.1, 0.15) is 5.75 Å². The summed E-state index contributed by atoms with van der Waals surface area (Å²) in [6.07, 6.45) is 3.61. The third-order valence-electron chi connectivity index (χ3n) is 3.06. The van der Waals surface area contributed by atoms with Gasteiger partial charge in [0.15, 0.2) is 0 Å². The first-order chi connectivity index (χ1) is 10.9. The molecule has 0 aliphatic heterocycles. The number of aromatic carboxylic acids is 1. The van der Waals surface area contributed by atoms with Crippen LogP contribution in [0.5, 0.6) is 5.75 Å². The Bertz CT molecular complexity index is 568. The van der Waals surface area contributed by atoms with E-state index in [4.69, 9.17) is 14.6 Å². The number of unbranched alkanes of at least 4 members (excludes halogenated alkanes) is 3. The molecule has 0 amide bonds. The maximum absolute atomic E-state index is 11.1. The lowest BCUT2D eigenvalue weighted by Crippen LogP contribution is -2.06. The predicted octanol–water partition coefficient (Wildman–Crippen LogP) is 4.21. The Hall–Kier alpha value is -1.82. The summed E-state index contributed by atoms with van der Waals surface area (Å²) in [7, 11) is 0. The number of carbonyl (C=O) groups excluding carboxylic acids is 1. The van der Waals surface area contributed by atoms with Crippen molar-refractivity contribution >= 4 is 27.9 Å². The molecule has 0 bridgehead atoms. The molecule has 0 atom stereocenters. The second kappa shape index (κ2) is 10.0. The smallest absolute Gasteiger partial charge is 0.335 e. The number of carboxylic acids is 1. The second-order valence-corrected chi connectivity index (χ2v) is 5.98. The fraction of sp³-hybridized carbons (Fsp3) is 0.412. The molecule has 0 saturated carbocycles. The van der Waals surface area contributed by atoms with Gasteiger partial charge < -0.3 is 14.6 Å². The highest BCUT2D eigenvalue weighted by Crippen LogP contribution is 2.26. The summed E-state index contributed by atoms with van der Waals surface area (Å²) in [6, 6.07) is 4.68. The van der Waals surface area contributed by atoms with Crippen LogP contribution in [0.1, 0.15) is 43.0 Å². The number of rotatable bonds is 10. The lowest BCUT2D eigenvalue weighted by molar-refractivity contribution is -0.139. The van der Waals surface area contributed by atoms with Gasteiger partial charge in [0.05, 0.1) is 23.2 Å². The average molecular weight is 385 g/mol. The number of hydrogen-bond acceptors (Lipinski definition) is 4. The summed E-state index contributed by atoms with van der Waals surface area (Å²) >= 11 is 3.30. The average Bonchev–Trinajstić information content (AvgIpc) is 2.50. The molecule has 126 valence electrons. The first-order valence-corrected chi connectivity index (χ1v) is 8.19. The van der Waals surface area contributed by atoms with Gasteiger partial charge in [-0.2, -0.15) is 0 Å². The lowest BCUT2D eigenvalue weighted by atomic mass is 10.2. The summed E-state index contributed by atoms with van der Waals surface area (Å²) < 4.78 is 11.2. The van der Waals surface area contributed by atoms with Crippen LogP contribution in [0, 0.1) is 0 Å². The molecule has 5 nitrogen and oxygen atoms in total. The molecular weight excluding hydrogens is 364 g/mol. The number of carboxylic acid groups (broad SMARTS) is 1. The molecule has 0 aliphatic carbocycles. The van der Waals surface area contributed by atoms with Crippen molar-refractivity contribution in [2.75, 3.05) is 13.2 Å². The largest absolute Gasteiger partial charge is 0.492 e. The van der Waals surface area contributed by atoms with Gasteiger partial charge in [0.2, 0.25) is 0 Å². The minimum Gasteiger partial charge on any atom is -0.492 e. The van der Waals surface area contributed by atoms with E-state index in [1.165, 1.54) is 12.1 Å². The normalized spacial score (nSPS) is 10.2. The number of carbonyl (C=O) groups is 2. The molecule has 1 aromatic carbocycles. The van der Waals surface area contributed by atoms with E-state index in [0.717, 1.165) is 25.7 Å². The monoisotopic (exact) mass is 384 g/mol. The van der Waals surface area contributed by atoms with Gasteiger partial charge in [-0.15, -0.1) is 0 Å². The van der Waals surface area contributed by atoms with Gasteiger partial charge in [0.25, 0.3) is 0 Å². The van der Waals surface area contributed by atoms with E-state index in [2.05, 4.69) is 22.5 Å². The molecule has 6 heteroatoms. The number of hydrogen-bond donors (Lipinski definition) is 1. The Morgan fingerprint density at radius 3 is 2.39 bits per heavy atom. The summed E-state index contributed by atoms with van der Waals surface area (Å²) in [5, 5.41) is 8.88. The fourth-order valence-corrected chi connectivity index (χ4v) is 2.27. The van der Waals surface area contributed by atoms with Crippen LogP contribution in [-0.2, 0) is 9.53 Å². The fourth-order valence-electron chi connectivity index (χ4n) is 1.78. The molecule has 0 radical (unpaired) electrons. The third-order valence-corrected chi connectivity index (χ3v) is 3.68. The van der Waals surface area contributed by atoms with Crippen molar-refractivity contribution in [3.8, 4) is 5.75 Å². The van der Waals surface area contributed by atoms with Crippen molar-refractivity contribution < 1.29 is 24.2 Å². The van der Waals surface area contributed by atoms with Crippen LogP contribution >= 0.6 is 15.9 Å². The van der Waals surface area contributed by atoms with E-state index < -0.39 is 5.97 Å². The van der Waals surface area contributed by atoms with E-state index in [0.29, 0.717) is 29.0 Å². The molecule has 1 aromatic rings. The molecule has 0 aromatic heterocycles. The van der Waals surface area contributed by atoms with E-state index in [-0.39, 0.29) is 11.5 Å². The lowest BCUT2D eigenvalue weighted by Gasteiger charge is -2.09. The van der Waals surface area contributed by atoms with Crippen LogP contribution in [-0.4, -0.2) is 30.3 Å². The van der Waals surface area contributed by atoms with E-state index in [9.17, 15) is 9.59 Å². The van der Waals surface area contributed by atoms with Gasteiger partial charge in [0, 0.05) is 5.57 Å². The zero-order chi connectivity index (χ0) is 17.2.